The number of carbonyl (C=O) groups is 1. The van der Waals surface area contributed by atoms with Crippen LogP contribution in [0.25, 0.3) is 0 Å². The summed E-state index contributed by atoms with van der Waals surface area (Å²) < 4.78 is 5.24. The van der Waals surface area contributed by atoms with E-state index in [0.29, 0.717) is 18.0 Å². The number of anilines is 1. The summed E-state index contributed by atoms with van der Waals surface area (Å²) in [7, 11) is 1.62. The van der Waals surface area contributed by atoms with Gasteiger partial charge in [-0.25, -0.2) is 0 Å². The van der Waals surface area contributed by atoms with Crippen LogP contribution in [0.15, 0.2) is 109 Å². The summed E-state index contributed by atoms with van der Waals surface area (Å²) in [6, 6.07) is 36.4. The van der Waals surface area contributed by atoms with Gasteiger partial charge in [0.25, 0.3) is 5.91 Å². The fourth-order valence-corrected chi connectivity index (χ4v) is 5.01. The Kier molecular flexibility index (Phi) is 7.87. The number of hydroxylamine groups is 2. The Morgan fingerprint density at radius 1 is 0.816 bits per heavy atom. The van der Waals surface area contributed by atoms with Gasteiger partial charge in [0.05, 0.1) is 19.2 Å². The molecule has 0 bridgehead atoms. The highest BCUT2D eigenvalue weighted by atomic mass is 16.7. The van der Waals surface area contributed by atoms with Crippen LogP contribution in [0, 0.1) is 0 Å². The largest absolute Gasteiger partial charge is 0.497 e. The summed E-state index contributed by atoms with van der Waals surface area (Å²) in [4.78, 5) is 20.0. The van der Waals surface area contributed by atoms with Crippen LogP contribution in [-0.2, 0) is 9.63 Å². The number of rotatable bonds is 8. The normalized spacial score (nSPS) is 17.6. The van der Waals surface area contributed by atoms with E-state index < -0.39 is 6.10 Å². The van der Waals surface area contributed by atoms with Crippen molar-refractivity contribution in [3.63, 3.8) is 0 Å². The van der Waals surface area contributed by atoms with E-state index in [0.717, 1.165) is 22.4 Å². The Bertz CT molecular complexity index is 1280. The van der Waals surface area contributed by atoms with Gasteiger partial charge in [-0.05, 0) is 52.4 Å². The third-order valence-corrected chi connectivity index (χ3v) is 7.12. The van der Waals surface area contributed by atoms with E-state index in [1.54, 1.807) is 7.11 Å². The molecule has 1 amide bonds. The molecule has 1 aliphatic heterocycles. The van der Waals surface area contributed by atoms with Gasteiger partial charge < -0.3 is 10.1 Å². The molecule has 5 rings (SSSR count). The highest BCUT2D eigenvalue weighted by Gasteiger charge is 2.43. The minimum Gasteiger partial charge on any atom is -0.497 e. The standard InChI is InChI=1S/C33H34N2O3/c1-23(2)24-14-16-25(17-15-24)30-22-31(33(36)34-28-18-20-29(37-3)21-19-28)38-35(30)32(26-10-6-4-7-11-26)27-12-8-5-9-13-27/h4-21,23,30-32H,22H2,1-3H3,(H,34,36). The van der Waals surface area contributed by atoms with E-state index in [2.05, 4.69) is 67.7 Å². The molecule has 194 valence electrons. The first-order valence-corrected chi connectivity index (χ1v) is 13.1. The second-order valence-corrected chi connectivity index (χ2v) is 9.97. The summed E-state index contributed by atoms with van der Waals surface area (Å²) in [6.45, 7) is 4.39. The van der Waals surface area contributed by atoms with E-state index in [1.165, 1.54) is 5.56 Å². The van der Waals surface area contributed by atoms with Crippen LogP contribution in [-0.4, -0.2) is 24.2 Å². The number of ether oxygens (including phenoxy) is 1. The Morgan fingerprint density at radius 3 is 1.92 bits per heavy atom. The van der Waals surface area contributed by atoms with Crippen molar-refractivity contribution in [3.8, 4) is 5.75 Å². The molecule has 0 aliphatic carbocycles. The number of benzene rings is 4. The average molecular weight is 507 g/mol. The van der Waals surface area contributed by atoms with Gasteiger partial charge in [-0.1, -0.05) is 98.8 Å². The van der Waals surface area contributed by atoms with Crippen LogP contribution in [0.3, 0.4) is 0 Å². The van der Waals surface area contributed by atoms with Crippen LogP contribution in [0.1, 0.15) is 60.5 Å². The minimum absolute atomic E-state index is 0.103. The predicted octanol–water partition coefficient (Wildman–Crippen LogP) is 7.29. The molecule has 0 radical (unpaired) electrons. The molecule has 1 heterocycles. The van der Waals surface area contributed by atoms with Crippen molar-refractivity contribution >= 4 is 11.6 Å². The minimum atomic E-state index is -0.637. The number of hydrogen-bond acceptors (Lipinski definition) is 4. The molecule has 4 aromatic carbocycles. The lowest BCUT2D eigenvalue weighted by atomic mass is 9.93. The molecule has 1 fully saturated rings. The van der Waals surface area contributed by atoms with Crippen molar-refractivity contribution in [2.45, 2.75) is 44.4 Å². The molecule has 0 spiro atoms. The first-order valence-electron chi connectivity index (χ1n) is 13.1. The molecule has 38 heavy (non-hydrogen) atoms. The monoisotopic (exact) mass is 506 g/mol. The first kappa shape index (κ1) is 25.7. The second-order valence-electron chi connectivity index (χ2n) is 9.97. The molecular formula is C33H34N2O3. The van der Waals surface area contributed by atoms with Crippen molar-refractivity contribution in [1.82, 2.24) is 5.06 Å². The van der Waals surface area contributed by atoms with Crippen LogP contribution in [0.4, 0.5) is 5.69 Å². The summed E-state index contributed by atoms with van der Waals surface area (Å²) in [5.41, 5.74) is 5.34. The lowest BCUT2D eigenvalue weighted by Crippen LogP contribution is -2.32. The quantitative estimate of drug-likeness (QED) is 0.273. The molecule has 0 aromatic heterocycles. The molecule has 1 saturated heterocycles. The van der Waals surface area contributed by atoms with Crippen LogP contribution in [0.5, 0.6) is 5.75 Å². The van der Waals surface area contributed by atoms with Crippen molar-refractivity contribution in [2.24, 2.45) is 0 Å². The highest BCUT2D eigenvalue weighted by Crippen LogP contribution is 2.43. The number of hydrogen-bond donors (Lipinski definition) is 1. The van der Waals surface area contributed by atoms with Gasteiger partial charge in [0.1, 0.15) is 5.75 Å². The van der Waals surface area contributed by atoms with Gasteiger partial charge >= 0.3 is 0 Å². The molecular weight excluding hydrogens is 472 g/mol. The molecule has 5 nitrogen and oxygen atoms in total. The molecule has 1 aliphatic rings. The zero-order valence-electron chi connectivity index (χ0n) is 22.1. The number of amides is 1. The zero-order valence-corrected chi connectivity index (χ0v) is 22.1. The van der Waals surface area contributed by atoms with Gasteiger partial charge in [-0.2, -0.15) is 5.06 Å². The summed E-state index contributed by atoms with van der Waals surface area (Å²) in [5.74, 6) is 1.02. The Balaban J connectivity index is 1.49. The van der Waals surface area contributed by atoms with Gasteiger partial charge in [0, 0.05) is 12.1 Å². The summed E-state index contributed by atoms with van der Waals surface area (Å²) in [5, 5.41) is 5.05. The van der Waals surface area contributed by atoms with E-state index in [9.17, 15) is 4.79 Å². The van der Waals surface area contributed by atoms with Crippen LogP contribution >= 0.6 is 0 Å². The third-order valence-electron chi connectivity index (χ3n) is 7.12. The van der Waals surface area contributed by atoms with Crippen molar-refractivity contribution in [2.75, 3.05) is 12.4 Å². The van der Waals surface area contributed by atoms with E-state index >= 15 is 0 Å². The number of nitrogens with one attached hydrogen (secondary N) is 1. The first-order chi connectivity index (χ1) is 18.5. The maximum absolute atomic E-state index is 13.4. The molecule has 4 aromatic rings. The maximum atomic E-state index is 13.4. The Morgan fingerprint density at radius 2 is 1.39 bits per heavy atom. The van der Waals surface area contributed by atoms with E-state index in [4.69, 9.17) is 9.57 Å². The van der Waals surface area contributed by atoms with Crippen molar-refractivity contribution < 1.29 is 14.4 Å². The van der Waals surface area contributed by atoms with Crippen LogP contribution in [0.2, 0.25) is 0 Å². The van der Waals surface area contributed by atoms with Crippen molar-refractivity contribution in [1.29, 1.82) is 0 Å². The fraction of sp³-hybridized carbons (Fsp3) is 0.242. The third kappa shape index (κ3) is 5.64. The number of nitrogens with zero attached hydrogens (tertiary/aromatic N) is 1. The second kappa shape index (κ2) is 11.6. The fourth-order valence-electron chi connectivity index (χ4n) is 5.01. The predicted molar refractivity (Wildman–Crippen MR) is 151 cm³/mol. The summed E-state index contributed by atoms with van der Waals surface area (Å²) >= 11 is 0. The number of methoxy groups -OCH3 is 1. The lowest BCUT2D eigenvalue weighted by Gasteiger charge is -2.32. The van der Waals surface area contributed by atoms with Gasteiger partial charge in [-0.15, -0.1) is 0 Å². The van der Waals surface area contributed by atoms with Gasteiger partial charge in [-0.3, -0.25) is 9.63 Å². The Labute approximate surface area is 225 Å². The molecule has 1 N–H and O–H groups in total. The number of carbonyl (C=O) groups excluding carboxylic acids is 1. The Hall–Kier alpha value is -3.93. The average Bonchev–Trinajstić information content (AvgIpc) is 3.40. The van der Waals surface area contributed by atoms with E-state index in [1.807, 2.05) is 65.7 Å². The molecule has 2 atom stereocenters. The highest BCUT2D eigenvalue weighted by molar-refractivity contribution is 5.94. The molecule has 2 unspecified atom stereocenters. The van der Waals surface area contributed by atoms with Gasteiger partial charge in [0.15, 0.2) is 6.10 Å². The maximum Gasteiger partial charge on any atom is 0.255 e. The van der Waals surface area contributed by atoms with Crippen molar-refractivity contribution in [3.05, 3.63) is 131 Å². The lowest BCUT2D eigenvalue weighted by molar-refractivity contribution is -0.186. The summed E-state index contributed by atoms with van der Waals surface area (Å²) in [6.07, 6.45) is -0.0964. The molecule has 0 saturated carbocycles. The molecule has 5 heteroatoms. The van der Waals surface area contributed by atoms with E-state index in [-0.39, 0.29) is 18.0 Å². The van der Waals surface area contributed by atoms with Crippen LogP contribution < -0.4 is 10.1 Å². The zero-order chi connectivity index (χ0) is 26.5. The van der Waals surface area contributed by atoms with Gasteiger partial charge in [0.2, 0.25) is 0 Å². The SMILES string of the molecule is COc1ccc(NC(=O)C2CC(c3ccc(C(C)C)cc3)N(C(c3ccccc3)c3ccccc3)O2)cc1. The smallest absolute Gasteiger partial charge is 0.255 e. The topological polar surface area (TPSA) is 50.8 Å².